The molecule has 0 radical (unpaired) electrons. The topological polar surface area (TPSA) is 116 Å². The summed E-state index contributed by atoms with van der Waals surface area (Å²) < 4.78 is 98.6. The molecule has 2 aromatic heterocycles. The molecule has 4 aromatic rings. The molecule has 1 amide bonds. The number of amides is 1. The third kappa shape index (κ3) is 6.63. The maximum atomic E-state index is 14.1. The lowest BCUT2D eigenvalue weighted by Gasteiger charge is -2.38. The molecule has 16 heteroatoms. The second kappa shape index (κ2) is 12.0. The average Bonchev–Trinajstić information content (AvgIpc) is 3.39. The summed E-state index contributed by atoms with van der Waals surface area (Å²) in [6.45, 7) is 0.647. The van der Waals surface area contributed by atoms with Crippen molar-refractivity contribution in [3.8, 4) is 28.6 Å². The quantitative estimate of drug-likeness (QED) is 0.175. The molecule has 0 atom stereocenters. The number of pyridine rings is 1. The van der Waals surface area contributed by atoms with Crippen molar-refractivity contribution in [1.82, 2.24) is 19.7 Å². The van der Waals surface area contributed by atoms with Crippen LogP contribution in [0.5, 0.6) is 11.5 Å². The van der Waals surface area contributed by atoms with Gasteiger partial charge >= 0.3 is 24.6 Å². The Morgan fingerprint density at radius 2 is 1.64 bits per heavy atom. The third-order valence-electron chi connectivity index (χ3n) is 6.90. The fourth-order valence-corrected chi connectivity index (χ4v) is 4.75. The predicted molar refractivity (Wildman–Crippen MR) is 143 cm³/mol. The number of methoxy groups -OCH3 is 1. The van der Waals surface area contributed by atoms with Crippen LogP contribution in [-0.4, -0.2) is 57.2 Å². The van der Waals surface area contributed by atoms with Gasteiger partial charge in [-0.15, -0.1) is 0 Å². The number of hydrogen-bond donors (Lipinski definition) is 1. The summed E-state index contributed by atoms with van der Waals surface area (Å²) in [5.41, 5.74) is -1.60. The van der Waals surface area contributed by atoms with Crippen molar-refractivity contribution in [1.29, 1.82) is 0 Å². The Balaban J connectivity index is 1.44. The maximum Gasteiger partial charge on any atom is 0.511 e. The Hall–Kier alpha value is -5.28. The van der Waals surface area contributed by atoms with Crippen molar-refractivity contribution in [2.75, 3.05) is 20.2 Å². The lowest BCUT2D eigenvalue weighted by atomic mass is 9.91. The highest BCUT2D eigenvalue weighted by atomic mass is 19.4. The fraction of sp³-hybridized carbons (Fsp3) is 0.241. The third-order valence-corrected chi connectivity index (χ3v) is 6.90. The van der Waals surface area contributed by atoms with Crippen molar-refractivity contribution in [2.24, 2.45) is 0 Å². The van der Waals surface area contributed by atoms with Crippen LogP contribution in [0.25, 0.3) is 17.1 Å². The van der Waals surface area contributed by atoms with E-state index in [0.717, 1.165) is 23.8 Å². The highest BCUT2D eigenvalue weighted by Gasteiger charge is 2.41. The van der Waals surface area contributed by atoms with E-state index in [-0.39, 0.29) is 28.5 Å². The zero-order chi connectivity index (χ0) is 32.5. The van der Waals surface area contributed by atoms with Gasteiger partial charge in [-0.3, -0.25) is 0 Å². The molecule has 0 saturated carbocycles. The molecule has 45 heavy (non-hydrogen) atoms. The second-order valence-corrected chi connectivity index (χ2v) is 9.80. The molecule has 1 fully saturated rings. The van der Waals surface area contributed by atoms with E-state index in [2.05, 4.69) is 19.6 Å². The molecule has 0 aliphatic carbocycles. The SMILES string of the molecule is COC(=O)N1CC(c2ccc(COc3c(-c4cccc(-n5ncc(OC(=O)O)c5C(F)(F)F)n4)cccc3C(F)(F)F)cc2)C1. The first-order chi connectivity index (χ1) is 21.3. The number of carboxylic acid groups (broad SMARTS) is 1. The predicted octanol–water partition coefficient (Wildman–Crippen LogP) is 6.77. The number of alkyl halides is 6. The van der Waals surface area contributed by atoms with E-state index in [1.54, 1.807) is 24.3 Å². The largest absolute Gasteiger partial charge is 0.511 e. The molecule has 5 rings (SSSR count). The van der Waals surface area contributed by atoms with Crippen molar-refractivity contribution in [2.45, 2.75) is 24.9 Å². The van der Waals surface area contributed by atoms with Crippen molar-refractivity contribution in [3.05, 3.63) is 89.2 Å². The van der Waals surface area contributed by atoms with Crippen molar-refractivity contribution >= 4 is 12.2 Å². The zero-order valence-electron chi connectivity index (χ0n) is 23.1. The molecule has 1 aliphatic rings. The van der Waals surface area contributed by atoms with Gasteiger partial charge < -0.3 is 24.2 Å². The number of nitrogens with zero attached hydrogens (tertiary/aromatic N) is 4. The van der Waals surface area contributed by atoms with Gasteiger partial charge in [0.05, 0.1) is 24.6 Å². The molecule has 1 aliphatic heterocycles. The van der Waals surface area contributed by atoms with Crippen molar-refractivity contribution in [3.63, 3.8) is 0 Å². The zero-order valence-corrected chi connectivity index (χ0v) is 23.1. The average molecular weight is 637 g/mol. The summed E-state index contributed by atoms with van der Waals surface area (Å²) in [5, 5.41) is 12.4. The second-order valence-electron chi connectivity index (χ2n) is 9.80. The van der Waals surface area contributed by atoms with E-state index in [1.807, 2.05) is 0 Å². The van der Waals surface area contributed by atoms with E-state index in [9.17, 15) is 35.9 Å². The summed E-state index contributed by atoms with van der Waals surface area (Å²) in [7, 11) is 1.29. The Labute approximate surface area is 250 Å². The highest BCUT2D eigenvalue weighted by molar-refractivity contribution is 5.71. The summed E-state index contributed by atoms with van der Waals surface area (Å²) in [4.78, 5) is 28.1. The van der Waals surface area contributed by atoms with Gasteiger partial charge in [0.1, 0.15) is 12.4 Å². The number of benzene rings is 2. The van der Waals surface area contributed by atoms with Gasteiger partial charge in [-0.1, -0.05) is 36.4 Å². The molecule has 0 bridgehead atoms. The minimum Gasteiger partial charge on any atom is -0.488 e. The number of aromatic nitrogens is 3. The number of carbonyl (C=O) groups is 2. The Morgan fingerprint density at radius 3 is 2.27 bits per heavy atom. The maximum absolute atomic E-state index is 14.1. The molecule has 1 saturated heterocycles. The molecule has 0 unspecified atom stereocenters. The molecule has 236 valence electrons. The number of ether oxygens (including phenoxy) is 3. The lowest BCUT2D eigenvalue weighted by molar-refractivity contribution is -0.144. The Morgan fingerprint density at radius 1 is 0.956 bits per heavy atom. The Kier molecular flexibility index (Phi) is 8.32. The van der Waals surface area contributed by atoms with Crippen molar-refractivity contribution < 1.29 is 55.2 Å². The van der Waals surface area contributed by atoms with E-state index < -0.39 is 53.2 Å². The van der Waals surface area contributed by atoms with Gasteiger partial charge in [0.25, 0.3) is 0 Å². The first-order valence-electron chi connectivity index (χ1n) is 13.0. The first kappa shape index (κ1) is 31.2. The van der Waals surface area contributed by atoms with E-state index in [0.29, 0.717) is 24.8 Å². The Bertz CT molecular complexity index is 1720. The van der Waals surface area contributed by atoms with E-state index in [1.165, 1.54) is 30.2 Å². The highest BCUT2D eigenvalue weighted by Crippen LogP contribution is 2.43. The van der Waals surface area contributed by atoms with E-state index in [4.69, 9.17) is 9.84 Å². The minimum absolute atomic E-state index is 0.0781. The van der Waals surface area contributed by atoms with Gasteiger partial charge in [-0.25, -0.2) is 19.3 Å². The number of carbonyl (C=O) groups excluding carboxylic acids is 1. The monoisotopic (exact) mass is 636 g/mol. The van der Waals surface area contributed by atoms with Crippen LogP contribution in [0.1, 0.15) is 28.3 Å². The molecule has 1 N–H and O–H groups in total. The summed E-state index contributed by atoms with van der Waals surface area (Å²) in [6.07, 6.45) is -11.9. The van der Waals surface area contributed by atoms with Crippen LogP contribution in [0.2, 0.25) is 0 Å². The molecular formula is C29H22F6N4O6. The number of likely N-dealkylation sites (tertiary alicyclic amines) is 1. The molecule has 0 spiro atoms. The van der Waals surface area contributed by atoms with Gasteiger partial charge in [0.15, 0.2) is 17.3 Å². The molecular weight excluding hydrogens is 614 g/mol. The minimum atomic E-state index is -5.13. The number of rotatable bonds is 7. The van der Waals surface area contributed by atoms with Crippen LogP contribution < -0.4 is 9.47 Å². The first-order valence-corrected chi connectivity index (χ1v) is 13.0. The van der Waals surface area contributed by atoms with Crippen LogP contribution in [0.4, 0.5) is 35.9 Å². The van der Waals surface area contributed by atoms with E-state index >= 15 is 0 Å². The fourth-order valence-electron chi connectivity index (χ4n) is 4.75. The van der Waals surface area contributed by atoms with Gasteiger partial charge in [-0.05, 0) is 35.4 Å². The number of halogens is 6. The summed E-state index contributed by atoms with van der Waals surface area (Å²) >= 11 is 0. The normalized spacial score (nSPS) is 13.7. The molecule has 2 aromatic carbocycles. The molecule has 3 heterocycles. The number of hydrogen-bond acceptors (Lipinski definition) is 7. The van der Waals surface area contributed by atoms with Crippen LogP contribution in [0.15, 0.2) is 66.9 Å². The molecule has 10 nitrogen and oxygen atoms in total. The van der Waals surface area contributed by atoms with Crippen LogP contribution in [0.3, 0.4) is 0 Å². The number of para-hydroxylation sites is 1. The lowest BCUT2D eigenvalue weighted by Crippen LogP contribution is -2.48. The summed E-state index contributed by atoms with van der Waals surface area (Å²) in [5.74, 6) is -2.09. The van der Waals surface area contributed by atoms with Crippen LogP contribution in [0, 0.1) is 0 Å². The van der Waals surface area contributed by atoms with Gasteiger partial charge in [0.2, 0.25) is 0 Å². The van der Waals surface area contributed by atoms with Gasteiger partial charge in [-0.2, -0.15) is 31.4 Å². The summed E-state index contributed by atoms with van der Waals surface area (Å²) in [6, 6.07) is 13.8. The van der Waals surface area contributed by atoms with Crippen LogP contribution in [-0.2, 0) is 23.7 Å². The van der Waals surface area contributed by atoms with Crippen LogP contribution >= 0.6 is 0 Å². The van der Waals surface area contributed by atoms with Gasteiger partial charge in [0, 0.05) is 24.6 Å². The smallest absolute Gasteiger partial charge is 0.488 e. The standard InChI is InChI=1S/C29H22F6N4O6/c1-43-26(40)38-13-18(14-38)17-10-8-16(9-11-17)15-44-24-19(4-2-5-20(24)28(30,31)32)21-6-3-7-23(37-21)39-25(29(33,34)35)22(12-36-39)45-27(41)42/h2-12,18H,13-15H2,1H3,(H,41,42).